The number of nitrogens with one attached hydrogen (secondary N) is 1. The van der Waals surface area contributed by atoms with E-state index in [-0.39, 0.29) is 11.6 Å². The Morgan fingerprint density at radius 3 is 2.29 bits per heavy atom. The molecule has 1 N–H and O–H groups in total. The zero-order valence-corrected chi connectivity index (χ0v) is 16.1. The van der Waals surface area contributed by atoms with Crippen LogP contribution in [0.1, 0.15) is 85.5 Å². The molecule has 4 heteroatoms. The largest absolute Gasteiger partial charge is 0.444 e. The quantitative estimate of drug-likeness (QED) is 0.808. The Kier molecular flexibility index (Phi) is 5.15. The lowest BCUT2D eigenvalue weighted by molar-refractivity contribution is -0.0504. The van der Waals surface area contributed by atoms with Crippen molar-refractivity contribution in [1.82, 2.24) is 10.2 Å². The molecule has 1 spiro atoms. The second-order valence-corrected chi connectivity index (χ2v) is 9.52. The van der Waals surface area contributed by atoms with Crippen LogP contribution in [0, 0.1) is 5.92 Å². The van der Waals surface area contributed by atoms with Gasteiger partial charge in [0.25, 0.3) is 0 Å². The Bertz CT molecular complexity index is 445. The van der Waals surface area contributed by atoms with E-state index in [2.05, 4.69) is 17.1 Å². The standard InChI is InChI=1S/C20H36N2O2/c1-15-6-8-16(9-7-15)21-17-10-13-22(18(23)24-19(2,3)4)20(14-17)11-5-12-20/h15-17,21H,5-14H2,1-4H3. The molecule has 1 aliphatic heterocycles. The summed E-state index contributed by atoms with van der Waals surface area (Å²) in [6.45, 7) is 9.08. The predicted molar refractivity (Wildman–Crippen MR) is 97.1 cm³/mol. The molecule has 3 rings (SSSR count). The average molecular weight is 337 g/mol. The van der Waals surface area contributed by atoms with Gasteiger partial charge in [-0.3, -0.25) is 0 Å². The Balaban J connectivity index is 1.57. The fourth-order valence-corrected chi connectivity index (χ4v) is 4.76. The number of nitrogens with zero attached hydrogens (tertiary/aromatic N) is 1. The summed E-state index contributed by atoms with van der Waals surface area (Å²) in [6.07, 6.45) is 11.0. The van der Waals surface area contributed by atoms with Gasteiger partial charge < -0.3 is 15.0 Å². The van der Waals surface area contributed by atoms with Crippen molar-refractivity contribution in [2.45, 2.75) is 109 Å². The van der Waals surface area contributed by atoms with Gasteiger partial charge in [0.1, 0.15) is 5.60 Å². The zero-order chi connectivity index (χ0) is 17.4. The van der Waals surface area contributed by atoms with Gasteiger partial charge in [-0.05, 0) is 84.5 Å². The van der Waals surface area contributed by atoms with Crippen molar-refractivity contribution in [2.24, 2.45) is 5.92 Å². The maximum absolute atomic E-state index is 12.6. The summed E-state index contributed by atoms with van der Waals surface area (Å²) in [4.78, 5) is 14.7. The first-order chi connectivity index (χ1) is 11.3. The second-order valence-electron chi connectivity index (χ2n) is 9.52. The lowest BCUT2D eigenvalue weighted by Gasteiger charge is -2.55. The van der Waals surface area contributed by atoms with Crippen molar-refractivity contribution in [3.8, 4) is 0 Å². The van der Waals surface area contributed by atoms with Crippen molar-refractivity contribution in [3.05, 3.63) is 0 Å². The number of likely N-dealkylation sites (tertiary alicyclic amines) is 1. The number of hydrogen-bond acceptors (Lipinski definition) is 3. The zero-order valence-electron chi connectivity index (χ0n) is 16.1. The minimum atomic E-state index is -0.407. The molecule has 2 aliphatic carbocycles. The monoisotopic (exact) mass is 336 g/mol. The predicted octanol–water partition coefficient (Wildman–Crippen LogP) is 4.48. The van der Waals surface area contributed by atoms with Crippen LogP contribution in [-0.4, -0.2) is 40.8 Å². The van der Waals surface area contributed by atoms with Crippen LogP contribution in [0.3, 0.4) is 0 Å². The Morgan fingerprint density at radius 1 is 1.08 bits per heavy atom. The van der Waals surface area contributed by atoms with Crippen LogP contribution in [-0.2, 0) is 4.74 Å². The van der Waals surface area contributed by atoms with Gasteiger partial charge >= 0.3 is 6.09 Å². The van der Waals surface area contributed by atoms with Crippen molar-refractivity contribution in [1.29, 1.82) is 0 Å². The summed E-state index contributed by atoms with van der Waals surface area (Å²) in [5.41, 5.74) is -0.337. The van der Waals surface area contributed by atoms with Crippen molar-refractivity contribution >= 4 is 6.09 Å². The summed E-state index contributed by atoms with van der Waals surface area (Å²) < 4.78 is 5.67. The summed E-state index contributed by atoms with van der Waals surface area (Å²) in [7, 11) is 0. The summed E-state index contributed by atoms with van der Waals surface area (Å²) in [5, 5.41) is 3.93. The molecule has 1 unspecified atom stereocenters. The first kappa shape index (κ1) is 18.0. The van der Waals surface area contributed by atoms with Gasteiger partial charge in [0.2, 0.25) is 0 Å². The molecule has 24 heavy (non-hydrogen) atoms. The maximum atomic E-state index is 12.6. The van der Waals surface area contributed by atoms with E-state index < -0.39 is 5.60 Å². The molecule has 0 bridgehead atoms. The van der Waals surface area contributed by atoms with E-state index in [4.69, 9.17) is 4.74 Å². The molecule has 1 amide bonds. The fourth-order valence-electron chi connectivity index (χ4n) is 4.76. The average Bonchev–Trinajstić information content (AvgIpc) is 2.46. The summed E-state index contributed by atoms with van der Waals surface area (Å²) in [5.74, 6) is 0.898. The van der Waals surface area contributed by atoms with Crippen molar-refractivity contribution in [3.63, 3.8) is 0 Å². The van der Waals surface area contributed by atoms with Gasteiger partial charge in [0.05, 0.1) is 0 Å². The minimum absolute atomic E-state index is 0.0697. The molecule has 2 saturated carbocycles. The third-order valence-electron chi connectivity index (χ3n) is 6.29. The maximum Gasteiger partial charge on any atom is 0.410 e. The number of carbonyl (C=O) groups is 1. The number of amides is 1. The number of piperidine rings is 1. The number of hydrogen-bond donors (Lipinski definition) is 1. The molecule has 1 atom stereocenters. The molecular weight excluding hydrogens is 300 g/mol. The van der Waals surface area contributed by atoms with E-state index in [9.17, 15) is 4.79 Å². The highest BCUT2D eigenvalue weighted by Crippen LogP contribution is 2.45. The molecule has 3 fully saturated rings. The molecule has 3 aliphatic rings. The van der Waals surface area contributed by atoms with Crippen LogP contribution in [0.15, 0.2) is 0 Å². The van der Waals surface area contributed by atoms with E-state index in [1.807, 2.05) is 20.8 Å². The molecule has 138 valence electrons. The first-order valence-electron chi connectivity index (χ1n) is 10.0. The molecule has 0 aromatic rings. The third-order valence-corrected chi connectivity index (χ3v) is 6.29. The highest BCUT2D eigenvalue weighted by molar-refractivity contribution is 5.69. The van der Waals surface area contributed by atoms with E-state index in [1.165, 1.54) is 32.1 Å². The van der Waals surface area contributed by atoms with Gasteiger partial charge in [-0.25, -0.2) is 4.79 Å². The van der Waals surface area contributed by atoms with E-state index >= 15 is 0 Å². The van der Waals surface area contributed by atoms with E-state index in [0.29, 0.717) is 12.1 Å². The number of ether oxygens (including phenoxy) is 1. The topological polar surface area (TPSA) is 41.6 Å². The molecule has 4 nitrogen and oxygen atoms in total. The van der Waals surface area contributed by atoms with Gasteiger partial charge in [-0.15, -0.1) is 0 Å². The fraction of sp³-hybridized carbons (Fsp3) is 0.950. The SMILES string of the molecule is CC1CCC(NC2CCN(C(=O)OC(C)(C)C)C3(CCC3)C2)CC1. The third kappa shape index (κ3) is 4.07. The Labute approximate surface area is 147 Å². The second kappa shape index (κ2) is 6.86. The normalized spacial score (nSPS) is 33.2. The molecular formula is C20H36N2O2. The molecule has 1 saturated heterocycles. The van der Waals surface area contributed by atoms with Crippen LogP contribution in [0.25, 0.3) is 0 Å². The Hall–Kier alpha value is -0.770. The van der Waals surface area contributed by atoms with Gasteiger partial charge in [-0.1, -0.05) is 6.92 Å². The van der Waals surface area contributed by atoms with Gasteiger partial charge in [0.15, 0.2) is 0 Å². The first-order valence-corrected chi connectivity index (χ1v) is 10.0. The number of rotatable bonds is 2. The lowest BCUT2D eigenvalue weighted by Crippen LogP contribution is -2.64. The van der Waals surface area contributed by atoms with E-state index in [0.717, 1.165) is 38.1 Å². The summed E-state index contributed by atoms with van der Waals surface area (Å²) >= 11 is 0. The van der Waals surface area contributed by atoms with Crippen LogP contribution < -0.4 is 5.32 Å². The Morgan fingerprint density at radius 2 is 1.75 bits per heavy atom. The molecule has 0 aromatic heterocycles. The smallest absolute Gasteiger partial charge is 0.410 e. The van der Waals surface area contributed by atoms with Crippen LogP contribution >= 0.6 is 0 Å². The van der Waals surface area contributed by atoms with E-state index in [1.54, 1.807) is 0 Å². The van der Waals surface area contributed by atoms with Crippen molar-refractivity contribution in [2.75, 3.05) is 6.54 Å². The van der Waals surface area contributed by atoms with Crippen LogP contribution in [0.4, 0.5) is 4.79 Å². The van der Waals surface area contributed by atoms with Crippen molar-refractivity contribution < 1.29 is 9.53 Å². The molecule has 0 radical (unpaired) electrons. The number of carbonyl (C=O) groups excluding carboxylic acids is 1. The highest BCUT2D eigenvalue weighted by Gasteiger charge is 2.50. The lowest BCUT2D eigenvalue weighted by atomic mass is 9.68. The summed E-state index contributed by atoms with van der Waals surface area (Å²) in [6, 6.07) is 1.26. The minimum Gasteiger partial charge on any atom is -0.444 e. The molecule has 0 aromatic carbocycles. The van der Waals surface area contributed by atoms with Crippen LogP contribution in [0.5, 0.6) is 0 Å². The van der Waals surface area contributed by atoms with Crippen LogP contribution in [0.2, 0.25) is 0 Å². The molecule has 1 heterocycles. The highest BCUT2D eigenvalue weighted by atomic mass is 16.6. The van der Waals surface area contributed by atoms with Gasteiger partial charge in [-0.2, -0.15) is 0 Å². The van der Waals surface area contributed by atoms with Gasteiger partial charge in [0, 0.05) is 24.2 Å².